The van der Waals surface area contributed by atoms with Crippen LogP contribution in [0.25, 0.3) is 0 Å². The van der Waals surface area contributed by atoms with Crippen LogP contribution in [0.1, 0.15) is 47.0 Å². The molecule has 4 heteroatoms. The molecule has 0 aliphatic carbocycles. The van der Waals surface area contributed by atoms with Crippen molar-refractivity contribution in [3.8, 4) is 0 Å². The minimum absolute atomic E-state index is 0.0202. The highest BCUT2D eigenvalue weighted by atomic mass is 32.2. The Morgan fingerprint density at radius 1 is 1.29 bits per heavy atom. The lowest BCUT2D eigenvalue weighted by atomic mass is 9.77. The van der Waals surface area contributed by atoms with E-state index in [1.54, 1.807) is 11.8 Å². The van der Waals surface area contributed by atoms with Crippen molar-refractivity contribution in [2.45, 2.75) is 58.0 Å². The van der Waals surface area contributed by atoms with Gasteiger partial charge >= 0.3 is 6.03 Å². The molecule has 3 atom stereocenters. The molecule has 0 radical (unpaired) electrons. The smallest absolute Gasteiger partial charge is 0.315 e. The predicted molar refractivity (Wildman–Crippen MR) is 75.5 cm³/mol. The Morgan fingerprint density at radius 3 is 2.41 bits per heavy atom. The van der Waals surface area contributed by atoms with Crippen LogP contribution in [-0.4, -0.2) is 29.1 Å². The van der Waals surface area contributed by atoms with Crippen LogP contribution >= 0.6 is 11.8 Å². The third kappa shape index (κ3) is 3.09. The van der Waals surface area contributed by atoms with Gasteiger partial charge in [-0.15, -0.1) is 0 Å². The van der Waals surface area contributed by atoms with Gasteiger partial charge in [0.05, 0.1) is 11.1 Å². The summed E-state index contributed by atoms with van der Waals surface area (Å²) in [5.74, 6) is 1.67. The minimum atomic E-state index is -0.142. The maximum absolute atomic E-state index is 11.6. The third-order valence-corrected chi connectivity index (χ3v) is 5.13. The van der Waals surface area contributed by atoms with Crippen molar-refractivity contribution in [2.75, 3.05) is 12.0 Å². The van der Waals surface area contributed by atoms with Crippen LogP contribution in [0.15, 0.2) is 0 Å². The molecule has 1 fully saturated rings. The van der Waals surface area contributed by atoms with Crippen molar-refractivity contribution >= 4 is 17.8 Å². The number of amides is 2. The molecule has 0 aromatic heterocycles. The first-order chi connectivity index (χ1) is 7.87. The van der Waals surface area contributed by atoms with Gasteiger partial charge in [-0.2, -0.15) is 11.8 Å². The van der Waals surface area contributed by atoms with E-state index in [0.29, 0.717) is 0 Å². The molecule has 1 saturated heterocycles. The molecule has 1 heterocycles. The number of hydrogen-bond acceptors (Lipinski definition) is 2. The average Bonchev–Trinajstić information content (AvgIpc) is 2.46. The molecule has 0 aromatic rings. The van der Waals surface area contributed by atoms with E-state index in [9.17, 15) is 4.79 Å². The maximum Gasteiger partial charge on any atom is 0.315 e. The van der Waals surface area contributed by atoms with Gasteiger partial charge in [-0.3, -0.25) is 0 Å². The van der Waals surface area contributed by atoms with E-state index >= 15 is 0 Å². The van der Waals surface area contributed by atoms with E-state index in [4.69, 9.17) is 0 Å². The average molecular weight is 258 g/mol. The summed E-state index contributed by atoms with van der Waals surface area (Å²) < 4.78 is 0. The number of urea groups is 1. The quantitative estimate of drug-likeness (QED) is 0.769. The van der Waals surface area contributed by atoms with E-state index in [1.165, 1.54) is 12.8 Å². The summed E-state index contributed by atoms with van der Waals surface area (Å²) in [6, 6.07) is -0.0202. The second-order valence-electron chi connectivity index (χ2n) is 5.73. The van der Waals surface area contributed by atoms with Gasteiger partial charge < -0.3 is 10.6 Å². The van der Waals surface area contributed by atoms with Gasteiger partial charge in [0, 0.05) is 5.75 Å². The van der Waals surface area contributed by atoms with E-state index in [2.05, 4.69) is 44.6 Å². The maximum atomic E-state index is 11.6. The molecule has 1 rings (SSSR count). The lowest BCUT2D eigenvalue weighted by molar-refractivity contribution is 0.236. The number of nitrogens with one attached hydrogen (secondary N) is 2. The molecule has 2 amide bonds. The standard InChI is InChI=1S/C13H26N2OS/c1-6-10(2)7-8-12(3)13(4,9-17-5)15-11(16)14-12/h10H,6-9H2,1-5H3,(H2,14,15,16)/t10?,12-,13+/m1/s1. The van der Waals surface area contributed by atoms with E-state index in [-0.39, 0.29) is 17.1 Å². The zero-order chi connectivity index (χ0) is 13.1. The summed E-state index contributed by atoms with van der Waals surface area (Å²) in [4.78, 5) is 11.6. The van der Waals surface area contributed by atoms with E-state index in [0.717, 1.165) is 18.1 Å². The van der Waals surface area contributed by atoms with Crippen molar-refractivity contribution in [2.24, 2.45) is 5.92 Å². The fourth-order valence-corrected chi connectivity index (χ4v) is 3.34. The van der Waals surface area contributed by atoms with Gasteiger partial charge in [0.15, 0.2) is 0 Å². The molecule has 0 bridgehead atoms. The normalized spacial score (nSPS) is 34.3. The second kappa shape index (κ2) is 5.51. The van der Waals surface area contributed by atoms with Crippen molar-refractivity contribution in [3.63, 3.8) is 0 Å². The van der Waals surface area contributed by atoms with E-state index in [1.807, 2.05) is 0 Å². The molecule has 0 aromatic carbocycles. The van der Waals surface area contributed by atoms with Crippen molar-refractivity contribution < 1.29 is 4.79 Å². The Hall–Kier alpha value is -0.380. The van der Waals surface area contributed by atoms with Gasteiger partial charge in [0.2, 0.25) is 0 Å². The van der Waals surface area contributed by atoms with E-state index < -0.39 is 0 Å². The summed E-state index contributed by atoms with van der Waals surface area (Å²) in [5.41, 5.74) is -0.270. The molecule has 1 unspecified atom stereocenters. The number of thioether (sulfide) groups is 1. The highest BCUT2D eigenvalue weighted by molar-refractivity contribution is 7.98. The van der Waals surface area contributed by atoms with Crippen molar-refractivity contribution in [1.29, 1.82) is 0 Å². The first-order valence-electron chi connectivity index (χ1n) is 6.46. The van der Waals surface area contributed by atoms with Crippen LogP contribution < -0.4 is 10.6 Å². The fraction of sp³-hybridized carbons (Fsp3) is 0.923. The minimum Gasteiger partial charge on any atom is -0.331 e. The molecule has 1 aliphatic rings. The Kier molecular flexibility index (Phi) is 4.76. The van der Waals surface area contributed by atoms with Crippen LogP contribution in [-0.2, 0) is 0 Å². The molecule has 17 heavy (non-hydrogen) atoms. The summed E-state index contributed by atoms with van der Waals surface area (Å²) in [7, 11) is 0. The SMILES string of the molecule is CCC(C)CC[C@@]1(C)NC(=O)N[C@@]1(C)CSC. The summed E-state index contributed by atoms with van der Waals surface area (Å²) in [6.45, 7) is 8.82. The molecule has 0 spiro atoms. The zero-order valence-corrected chi connectivity index (χ0v) is 12.5. The highest BCUT2D eigenvalue weighted by Crippen LogP contribution is 2.34. The lowest BCUT2D eigenvalue weighted by Gasteiger charge is -2.39. The number of rotatable bonds is 6. The largest absolute Gasteiger partial charge is 0.331 e. The van der Waals surface area contributed by atoms with Gasteiger partial charge in [-0.05, 0) is 38.9 Å². The molecule has 0 saturated carbocycles. The lowest BCUT2D eigenvalue weighted by Crippen LogP contribution is -2.58. The third-order valence-electron chi connectivity index (χ3n) is 4.26. The summed E-state index contributed by atoms with van der Waals surface area (Å²) in [6.07, 6.45) is 5.50. The topological polar surface area (TPSA) is 41.1 Å². The predicted octanol–water partition coefficient (Wildman–Crippen LogP) is 3.01. The fourth-order valence-electron chi connectivity index (χ4n) is 2.37. The summed E-state index contributed by atoms with van der Waals surface area (Å²) in [5, 5.41) is 6.21. The molecule has 3 nitrogen and oxygen atoms in total. The van der Waals surface area contributed by atoms with Gasteiger partial charge in [-0.25, -0.2) is 4.79 Å². The summed E-state index contributed by atoms with van der Waals surface area (Å²) >= 11 is 1.79. The number of carbonyl (C=O) groups excluding carboxylic acids is 1. The van der Waals surface area contributed by atoms with Crippen molar-refractivity contribution in [1.82, 2.24) is 10.6 Å². The monoisotopic (exact) mass is 258 g/mol. The Morgan fingerprint density at radius 2 is 1.88 bits per heavy atom. The van der Waals surface area contributed by atoms with Crippen LogP contribution in [0.4, 0.5) is 4.79 Å². The second-order valence-corrected chi connectivity index (χ2v) is 6.59. The first kappa shape index (κ1) is 14.7. The van der Waals surface area contributed by atoms with Crippen LogP contribution in [0, 0.1) is 5.92 Å². The molecule has 1 aliphatic heterocycles. The Balaban J connectivity index is 2.73. The van der Waals surface area contributed by atoms with Crippen LogP contribution in [0.2, 0.25) is 0 Å². The first-order valence-corrected chi connectivity index (χ1v) is 7.85. The molecule has 2 N–H and O–H groups in total. The van der Waals surface area contributed by atoms with Gasteiger partial charge in [-0.1, -0.05) is 20.3 Å². The van der Waals surface area contributed by atoms with Crippen LogP contribution in [0.3, 0.4) is 0 Å². The molecular formula is C13H26N2OS. The van der Waals surface area contributed by atoms with Gasteiger partial charge in [0.1, 0.15) is 0 Å². The Labute approximate surface area is 109 Å². The van der Waals surface area contributed by atoms with Gasteiger partial charge in [0.25, 0.3) is 0 Å². The number of hydrogen-bond donors (Lipinski definition) is 2. The zero-order valence-electron chi connectivity index (χ0n) is 11.7. The number of carbonyl (C=O) groups is 1. The Bertz CT molecular complexity index is 285. The molecular weight excluding hydrogens is 232 g/mol. The van der Waals surface area contributed by atoms with Crippen molar-refractivity contribution in [3.05, 3.63) is 0 Å². The molecule has 100 valence electrons. The highest BCUT2D eigenvalue weighted by Gasteiger charge is 2.51. The van der Waals surface area contributed by atoms with Crippen LogP contribution in [0.5, 0.6) is 0 Å².